The van der Waals surface area contributed by atoms with Crippen molar-refractivity contribution in [1.82, 2.24) is 15.2 Å². The Hall–Kier alpha value is -1.56. The van der Waals surface area contributed by atoms with Crippen molar-refractivity contribution in [1.29, 1.82) is 0 Å². The summed E-state index contributed by atoms with van der Waals surface area (Å²) >= 11 is 3.14. The van der Waals surface area contributed by atoms with Gasteiger partial charge >= 0.3 is 0 Å². The average molecular weight is 255 g/mol. The zero-order valence-electron chi connectivity index (χ0n) is 7.04. The van der Waals surface area contributed by atoms with Gasteiger partial charge in [0.25, 0.3) is 5.56 Å². The molecule has 6 heteroatoms. The van der Waals surface area contributed by atoms with Gasteiger partial charge in [-0.15, -0.1) is 0 Å². The fourth-order valence-electron chi connectivity index (χ4n) is 1.09. The summed E-state index contributed by atoms with van der Waals surface area (Å²) in [6.45, 7) is 0. The summed E-state index contributed by atoms with van der Waals surface area (Å²) in [4.78, 5) is 13.6. The van der Waals surface area contributed by atoms with Gasteiger partial charge in [0, 0.05) is 17.8 Å². The summed E-state index contributed by atoms with van der Waals surface area (Å²) in [6, 6.07) is 3.38. The van der Waals surface area contributed by atoms with Gasteiger partial charge in [0.2, 0.25) is 0 Å². The van der Waals surface area contributed by atoms with Crippen LogP contribution in [-0.4, -0.2) is 15.2 Å². The number of H-pyrrole nitrogens is 2. The Morgan fingerprint density at radius 3 is 2.79 bits per heavy atom. The predicted octanol–water partition coefficient (Wildman–Crippen LogP) is 1.11. The van der Waals surface area contributed by atoms with Crippen molar-refractivity contribution in [3.8, 4) is 11.3 Å². The number of aromatic amines is 2. The van der Waals surface area contributed by atoms with Crippen LogP contribution in [0, 0.1) is 0 Å². The molecular formula is C8H7BrN4O. The molecule has 0 amide bonds. The largest absolute Gasteiger partial charge is 0.384 e. The summed E-state index contributed by atoms with van der Waals surface area (Å²) in [5.74, 6) is 0.488. The average Bonchev–Trinajstić information content (AvgIpc) is 2.57. The number of nitrogens with two attached hydrogens (primary N) is 1. The van der Waals surface area contributed by atoms with E-state index in [9.17, 15) is 4.79 Å². The Labute approximate surface area is 87.5 Å². The molecule has 5 nitrogen and oxygen atoms in total. The van der Waals surface area contributed by atoms with Crippen molar-refractivity contribution < 1.29 is 0 Å². The number of pyridine rings is 1. The van der Waals surface area contributed by atoms with Crippen LogP contribution in [0.15, 0.2) is 27.6 Å². The van der Waals surface area contributed by atoms with Crippen LogP contribution in [-0.2, 0) is 0 Å². The van der Waals surface area contributed by atoms with E-state index in [1.165, 1.54) is 0 Å². The van der Waals surface area contributed by atoms with E-state index < -0.39 is 0 Å². The first kappa shape index (κ1) is 9.01. The molecule has 2 aromatic rings. The molecule has 4 N–H and O–H groups in total. The molecule has 2 heterocycles. The van der Waals surface area contributed by atoms with E-state index in [1.54, 1.807) is 18.3 Å². The Bertz CT molecular complexity index is 516. The molecule has 0 saturated heterocycles. The molecule has 0 radical (unpaired) electrons. The van der Waals surface area contributed by atoms with Gasteiger partial charge in [-0.2, -0.15) is 5.10 Å². The van der Waals surface area contributed by atoms with Crippen LogP contribution in [0.25, 0.3) is 11.3 Å². The van der Waals surface area contributed by atoms with Gasteiger partial charge in [0.15, 0.2) is 0 Å². The van der Waals surface area contributed by atoms with E-state index in [2.05, 4.69) is 31.1 Å². The van der Waals surface area contributed by atoms with Gasteiger partial charge < -0.3 is 10.7 Å². The van der Waals surface area contributed by atoms with E-state index in [-0.39, 0.29) is 5.56 Å². The van der Waals surface area contributed by atoms with Crippen molar-refractivity contribution in [3.05, 3.63) is 33.2 Å². The highest BCUT2D eigenvalue weighted by Gasteiger charge is 2.04. The summed E-state index contributed by atoms with van der Waals surface area (Å²) in [5.41, 5.74) is 6.80. The Balaban J connectivity index is 2.52. The van der Waals surface area contributed by atoms with E-state index in [4.69, 9.17) is 5.73 Å². The fraction of sp³-hybridized carbons (Fsp3) is 0. The first-order chi connectivity index (χ1) is 6.66. The zero-order valence-corrected chi connectivity index (χ0v) is 8.63. The maximum Gasteiger partial charge on any atom is 0.262 e. The highest BCUT2D eigenvalue weighted by atomic mass is 79.9. The molecule has 0 aliphatic rings. The molecule has 0 spiro atoms. The Morgan fingerprint density at radius 1 is 1.43 bits per heavy atom. The summed E-state index contributed by atoms with van der Waals surface area (Å²) in [5, 5.41) is 6.59. The molecule has 0 aliphatic carbocycles. The van der Waals surface area contributed by atoms with Crippen LogP contribution in [0.5, 0.6) is 0 Å². The molecule has 0 saturated carbocycles. The van der Waals surface area contributed by atoms with Crippen molar-refractivity contribution >= 4 is 21.7 Å². The minimum atomic E-state index is -0.169. The summed E-state index contributed by atoms with van der Waals surface area (Å²) in [7, 11) is 0. The lowest BCUT2D eigenvalue weighted by molar-refractivity contribution is 1.10. The van der Waals surface area contributed by atoms with Gasteiger partial charge in [0.05, 0.1) is 10.2 Å². The molecule has 14 heavy (non-hydrogen) atoms. The van der Waals surface area contributed by atoms with E-state index in [0.717, 1.165) is 5.56 Å². The van der Waals surface area contributed by atoms with Crippen molar-refractivity contribution in [2.24, 2.45) is 0 Å². The summed E-state index contributed by atoms with van der Waals surface area (Å²) < 4.78 is 0.469. The third kappa shape index (κ3) is 1.56. The second kappa shape index (κ2) is 3.30. The molecule has 0 unspecified atom stereocenters. The smallest absolute Gasteiger partial charge is 0.262 e. The lowest BCUT2D eigenvalue weighted by Crippen LogP contribution is -2.05. The normalized spacial score (nSPS) is 10.4. The molecule has 0 fully saturated rings. The topological polar surface area (TPSA) is 87.6 Å². The number of aromatic nitrogens is 3. The second-order valence-electron chi connectivity index (χ2n) is 2.77. The number of nitrogen functional groups attached to an aromatic ring is 1. The molecule has 72 valence electrons. The third-order valence-corrected chi connectivity index (χ3v) is 2.34. The Kier molecular flexibility index (Phi) is 2.12. The number of nitrogens with zero attached hydrogens (tertiary/aromatic N) is 1. The minimum Gasteiger partial charge on any atom is -0.384 e. The molecule has 0 aromatic carbocycles. The van der Waals surface area contributed by atoms with Gasteiger partial charge in [-0.05, 0) is 22.0 Å². The Morgan fingerprint density at radius 2 is 2.21 bits per heavy atom. The molecular weight excluding hydrogens is 248 g/mol. The van der Waals surface area contributed by atoms with E-state index >= 15 is 0 Å². The number of nitrogens with one attached hydrogen (secondary N) is 2. The minimum absolute atomic E-state index is 0.169. The maximum atomic E-state index is 11.1. The van der Waals surface area contributed by atoms with Gasteiger partial charge in [-0.3, -0.25) is 9.89 Å². The number of hydrogen-bond acceptors (Lipinski definition) is 3. The van der Waals surface area contributed by atoms with Gasteiger partial charge in [0.1, 0.15) is 5.82 Å². The van der Waals surface area contributed by atoms with Crippen LogP contribution in [0.3, 0.4) is 0 Å². The lowest BCUT2D eigenvalue weighted by atomic mass is 10.2. The van der Waals surface area contributed by atoms with E-state index in [1.807, 2.05) is 0 Å². The van der Waals surface area contributed by atoms with Crippen LogP contribution >= 0.6 is 15.9 Å². The van der Waals surface area contributed by atoms with Crippen LogP contribution in [0.2, 0.25) is 0 Å². The molecule has 0 aliphatic heterocycles. The molecule has 0 atom stereocenters. The molecule has 2 rings (SSSR count). The highest BCUT2D eigenvalue weighted by Crippen LogP contribution is 2.18. The van der Waals surface area contributed by atoms with Gasteiger partial charge in [-0.25, -0.2) is 0 Å². The SMILES string of the molecule is Nc1cc(-c2c[nH]c(=O)c(Br)c2)n[nH]1. The van der Waals surface area contributed by atoms with Gasteiger partial charge in [-0.1, -0.05) is 0 Å². The van der Waals surface area contributed by atoms with Crippen molar-refractivity contribution in [3.63, 3.8) is 0 Å². The first-order valence-electron chi connectivity index (χ1n) is 3.86. The summed E-state index contributed by atoms with van der Waals surface area (Å²) in [6.07, 6.45) is 1.59. The highest BCUT2D eigenvalue weighted by molar-refractivity contribution is 9.10. The monoisotopic (exact) mass is 254 g/mol. The predicted molar refractivity (Wildman–Crippen MR) is 56.8 cm³/mol. The quantitative estimate of drug-likeness (QED) is 0.713. The first-order valence-corrected chi connectivity index (χ1v) is 4.65. The van der Waals surface area contributed by atoms with Crippen LogP contribution < -0.4 is 11.3 Å². The zero-order chi connectivity index (χ0) is 10.1. The van der Waals surface area contributed by atoms with Crippen molar-refractivity contribution in [2.75, 3.05) is 5.73 Å². The second-order valence-corrected chi connectivity index (χ2v) is 3.63. The maximum absolute atomic E-state index is 11.1. The molecule has 0 bridgehead atoms. The third-order valence-electron chi connectivity index (χ3n) is 1.75. The van der Waals surface area contributed by atoms with Crippen molar-refractivity contribution in [2.45, 2.75) is 0 Å². The standard InChI is InChI=1S/C8H7BrN4O/c9-5-1-4(3-11-8(5)14)6-2-7(10)13-12-6/h1-3H,(H,11,14)(H3,10,12,13). The number of halogens is 1. The van der Waals surface area contributed by atoms with Crippen LogP contribution in [0.1, 0.15) is 0 Å². The lowest BCUT2D eigenvalue weighted by Gasteiger charge is -1.95. The van der Waals surface area contributed by atoms with E-state index in [0.29, 0.717) is 16.0 Å². The van der Waals surface area contributed by atoms with Crippen LogP contribution in [0.4, 0.5) is 5.82 Å². The number of anilines is 1. The molecule has 2 aromatic heterocycles. The number of hydrogen-bond donors (Lipinski definition) is 3. The number of rotatable bonds is 1. The fourth-order valence-corrected chi connectivity index (χ4v) is 1.45.